The predicted octanol–water partition coefficient (Wildman–Crippen LogP) is 6.68. The first kappa shape index (κ1) is 23.6. The number of carbonyl (C=O) groups excluding carboxylic acids is 1. The molecule has 0 aliphatic heterocycles. The number of hydrogen-bond acceptors (Lipinski definition) is 3. The van der Waals surface area contributed by atoms with Crippen LogP contribution in [0.3, 0.4) is 0 Å². The molecule has 0 fully saturated rings. The van der Waals surface area contributed by atoms with Crippen LogP contribution in [0.2, 0.25) is 0 Å². The number of nitrogens with zero attached hydrogens (tertiary/aromatic N) is 2. The lowest BCUT2D eigenvalue weighted by atomic mass is 10.0. The molecular weight excluding hydrogens is 447 g/mol. The Labute approximate surface area is 203 Å². The zero-order valence-electron chi connectivity index (χ0n) is 19.0. The number of carbonyl (C=O) groups is 1. The summed E-state index contributed by atoms with van der Waals surface area (Å²) >= 11 is 1.60. The van der Waals surface area contributed by atoms with Crippen LogP contribution >= 0.6 is 11.8 Å². The van der Waals surface area contributed by atoms with Gasteiger partial charge in [-0.2, -0.15) is 0 Å². The van der Waals surface area contributed by atoms with Gasteiger partial charge in [0.2, 0.25) is 0 Å². The maximum Gasteiger partial charge on any atom is 0.319 e. The summed E-state index contributed by atoms with van der Waals surface area (Å²) in [5, 5.41) is 6.24. The van der Waals surface area contributed by atoms with Gasteiger partial charge in [0.25, 0.3) is 0 Å². The highest BCUT2D eigenvalue weighted by molar-refractivity contribution is 7.99. The smallest absolute Gasteiger partial charge is 0.319 e. The zero-order chi connectivity index (χ0) is 23.8. The van der Waals surface area contributed by atoms with E-state index < -0.39 is 11.8 Å². The van der Waals surface area contributed by atoms with Crippen molar-refractivity contribution in [3.8, 4) is 22.5 Å². The number of aromatic nitrogens is 2. The zero-order valence-corrected chi connectivity index (χ0v) is 19.8. The molecule has 4 rings (SSSR count). The van der Waals surface area contributed by atoms with Gasteiger partial charge in [-0.3, -0.25) is 0 Å². The van der Waals surface area contributed by atoms with Gasteiger partial charge in [-0.1, -0.05) is 91.5 Å². The van der Waals surface area contributed by atoms with E-state index in [0.29, 0.717) is 12.3 Å². The molecule has 0 spiro atoms. The number of thioether (sulfide) groups is 1. The molecule has 2 amide bonds. The largest absolute Gasteiger partial charge is 0.337 e. The Kier molecular flexibility index (Phi) is 7.99. The summed E-state index contributed by atoms with van der Waals surface area (Å²) in [4.78, 5) is 17.2. The molecule has 0 atom stereocenters. The van der Waals surface area contributed by atoms with Crippen LogP contribution in [0.1, 0.15) is 13.3 Å². The highest BCUT2D eigenvalue weighted by atomic mass is 32.2. The molecule has 4 aromatic rings. The van der Waals surface area contributed by atoms with Crippen LogP contribution < -0.4 is 10.6 Å². The standard InChI is InChI=1S/C27H27FN4OS/c1-2-18-32-25(21-13-7-4-8-14-21)24(20-11-5-3-6-12-20)31-27(32)34-19-17-29-26(33)30-23-16-10-9-15-22(23)28/h3-16H,2,17-19H2,1H3,(H2,29,30,33). The molecule has 0 saturated heterocycles. The molecule has 0 saturated carbocycles. The van der Waals surface area contributed by atoms with Crippen LogP contribution in [-0.4, -0.2) is 27.9 Å². The van der Waals surface area contributed by atoms with Crippen molar-refractivity contribution in [1.29, 1.82) is 0 Å². The normalized spacial score (nSPS) is 10.8. The van der Waals surface area contributed by atoms with Gasteiger partial charge < -0.3 is 15.2 Å². The van der Waals surface area contributed by atoms with Gasteiger partial charge >= 0.3 is 6.03 Å². The summed E-state index contributed by atoms with van der Waals surface area (Å²) in [6, 6.07) is 26.2. The Morgan fingerprint density at radius 1 is 0.941 bits per heavy atom. The van der Waals surface area contributed by atoms with Crippen LogP contribution in [0, 0.1) is 5.82 Å². The summed E-state index contributed by atoms with van der Waals surface area (Å²) in [5.41, 5.74) is 4.40. The minimum absolute atomic E-state index is 0.158. The van der Waals surface area contributed by atoms with Crippen molar-refractivity contribution in [3.05, 3.63) is 90.7 Å². The van der Waals surface area contributed by atoms with Crippen LogP contribution in [0.5, 0.6) is 0 Å². The van der Waals surface area contributed by atoms with E-state index in [4.69, 9.17) is 4.98 Å². The fourth-order valence-electron chi connectivity index (χ4n) is 3.70. The molecule has 5 nitrogen and oxygen atoms in total. The van der Waals surface area contributed by atoms with Crippen molar-refractivity contribution in [2.24, 2.45) is 0 Å². The van der Waals surface area contributed by atoms with Gasteiger partial charge in [0, 0.05) is 30.0 Å². The average molecular weight is 475 g/mol. The number of para-hydroxylation sites is 1. The van der Waals surface area contributed by atoms with E-state index in [9.17, 15) is 9.18 Å². The molecule has 1 aromatic heterocycles. The number of nitrogens with one attached hydrogen (secondary N) is 2. The Bertz CT molecular complexity index is 1230. The second kappa shape index (κ2) is 11.5. The minimum Gasteiger partial charge on any atom is -0.337 e. The third-order valence-electron chi connectivity index (χ3n) is 5.22. The number of anilines is 1. The monoisotopic (exact) mass is 474 g/mol. The Hall–Kier alpha value is -3.58. The summed E-state index contributed by atoms with van der Waals surface area (Å²) < 4.78 is 16.0. The van der Waals surface area contributed by atoms with Crippen molar-refractivity contribution in [3.63, 3.8) is 0 Å². The van der Waals surface area contributed by atoms with E-state index in [1.54, 1.807) is 23.9 Å². The minimum atomic E-state index is -0.462. The summed E-state index contributed by atoms with van der Waals surface area (Å²) in [7, 11) is 0. The molecule has 7 heteroatoms. The molecule has 34 heavy (non-hydrogen) atoms. The average Bonchev–Trinajstić information content (AvgIpc) is 3.23. The van der Waals surface area contributed by atoms with E-state index in [2.05, 4.69) is 46.4 Å². The summed E-state index contributed by atoms with van der Waals surface area (Å²) in [5.74, 6) is 0.170. The molecule has 0 unspecified atom stereocenters. The summed E-state index contributed by atoms with van der Waals surface area (Å²) in [6.45, 7) is 3.42. The molecule has 3 aromatic carbocycles. The number of amides is 2. The Balaban J connectivity index is 1.51. The molecule has 1 heterocycles. The van der Waals surface area contributed by atoms with E-state index in [-0.39, 0.29) is 5.69 Å². The number of rotatable bonds is 9. The second-order valence-electron chi connectivity index (χ2n) is 7.68. The lowest BCUT2D eigenvalue weighted by molar-refractivity contribution is 0.252. The third-order valence-corrected chi connectivity index (χ3v) is 6.19. The molecular formula is C27H27FN4OS. The molecule has 0 aliphatic rings. The van der Waals surface area contributed by atoms with Gasteiger partial charge in [-0.05, 0) is 18.6 Å². The van der Waals surface area contributed by atoms with Crippen molar-refractivity contribution < 1.29 is 9.18 Å². The van der Waals surface area contributed by atoms with Crippen LogP contribution in [0.4, 0.5) is 14.9 Å². The molecule has 0 bridgehead atoms. The van der Waals surface area contributed by atoms with Crippen LogP contribution in [-0.2, 0) is 6.54 Å². The first-order chi connectivity index (χ1) is 16.7. The van der Waals surface area contributed by atoms with Crippen molar-refractivity contribution in [2.75, 3.05) is 17.6 Å². The van der Waals surface area contributed by atoms with Gasteiger partial charge in [-0.15, -0.1) is 0 Å². The highest BCUT2D eigenvalue weighted by Crippen LogP contribution is 2.36. The van der Waals surface area contributed by atoms with Gasteiger partial charge in [0.1, 0.15) is 5.82 Å². The maximum absolute atomic E-state index is 13.7. The second-order valence-corrected chi connectivity index (χ2v) is 8.75. The Morgan fingerprint density at radius 2 is 1.59 bits per heavy atom. The number of imidazole rings is 1. The maximum atomic E-state index is 13.7. The van der Waals surface area contributed by atoms with Crippen molar-refractivity contribution in [1.82, 2.24) is 14.9 Å². The molecule has 174 valence electrons. The number of benzene rings is 3. The van der Waals surface area contributed by atoms with E-state index in [0.717, 1.165) is 40.6 Å². The first-order valence-electron chi connectivity index (χ1n) is 11.3. The fourth-order valence-corrected chi connectivity index (χ4v) is 4.58. The number of hydrogen-bond donors (Lipinski definition) is 2. The molecule has 0 aliphatic carbocycles. The number of urea groups is 1. The van der Waals surface area contributed by atoms with Gasteiger partial charge in [0.05, 0.1) is 17.1 Å². The molecule has 2 N–H and O–H groups in total. The van der Waals surface area contributed by atoms with Gasteiger partial charge in [-0.25, -0.2) is 14.2 Å². The van der Waals surface area contributed by atoms with Crippen molar-refractivity contribution >= 4 is 23.5 Å². The third kappa shape index (κ3) is 5.66. The van der Waals surface area contributed by atoms with Crippen molar-refractivity contribution in [2.45, 2.75) is 25.0 Å². The SMILES string of the molecule is CCCn1c(SCCNC(=O)Nc2ccccc2F)nc(-c2ccccc2)c1-c1ccccc1. The van der Waals surface area contributed by atoms with Crippen LogP contribution in [0.25, 0.3) is 22.5 Å². The van der Waals surface area contributed by atoms with E-state index >= 15 is 0 Å². The lowest BCUT2D eigenvalue weighted by Crippen LogP contribution is -2.30. The van der Waals surface area contributed by atoms with E-state index in [1.165, 1.54) is 12.1 Å². The topological polar surface area (TPSA) is 59.0 Å². The highest BCUT2D eigenvalue weighted by Gasteiger charge is 2.20. The Morgan fingerprint density at radius 3 is 2.26 bits per heavy atom. The molecule has 0 radical (unpaired) electrons. The lowest BCUT2D eigenvalue weighted by Gasteiger charge is -2.12. The van der Waals surface area contributed by atoms with Gasteiger partial charge in [0.15, 0.2) is 5.16 Å². The van der Waals surface area contributed by atoms with Crippen LogP contribution in [0.15, 0.2) is 90.1 Å². The quantitative estimate of drug-likeness (QED) is 0.210. The fraction of sp³-hybridized carbons (Fsp3) is 0.185. The first-order valence-corrected chi connectivity index (χ1v) is 12.3. The predicted molar refractivity (Wildman–Crippen MR) is 138 cm³/mol. The number of halogens is 1. The van der Waals surface area contributed by atoms with E-state index in [1.807, 2.05) is 36.4 Å². The summed E-state index contributed by atoms with van der Waals surface area (Å²) in [6.07, 6.45) is 0.973.